The molecule has 0 radical (unpaired) electrons. The SMILES string of the molecule is CC[C@H](C)NC(=O)NC(=O)CSc1nc(N)cc(N)n1. The second-order valence-corrected chi connectivity index (χ2v) is 5.06. The molecule has 0 fully saturated rings. The summed E-state index contributed by atoms with van der Waals surface area (Å²) in [5.41, 5.74) is 11.0. The van der Waals surface area contributed by atoms with Gasteiger partial charge in [-0.15, -0.1) is 0 Å². The topological polar surface area (TPSA) is 136 Å². The molecule has 0 spiro atoms. The van der Waals surface area contributed by atoms with Gasteiger partial charge in [0, 0.05) is 12.1 Å². The molecule has 3 amide bonds. The van der Waals surface area contributed by atoms with Gasteiger partial charge in [-0.2, -0.15) is 0 Å². The summed E-state index contributed by atoms with van der Waals surface area (Å²) in [6.45, 7) is 3.78. The quantitative estimate of drug-likeness (QED) is 0.455. The number of imide groups is 1. The molecule has 0 unspecified atom stereocenters. The smallest absolute Gasteiger partial charge is 0.321 e. The zero-order valence-corrected chi connectivity index (χ0v) is 12.2. The van der Waals surface area contributed by atoms with E-state index in [1.807, 2.05) is 13.8 Å². The minimum Gasteiger partial charge on any atom is -0.383 e. The molecule has 0 aliphatic heterocycles. The van der Waals surface area contributed by atoms with Crippen LogP contribution in [0.4, 0.5) is 16.4 Å². The van der Waals surface area contributed by atoms with Crippen LogP contribution in [0, 0.1) is 0 Å². The first kappa shape index (κ1) is 16.0. The van der Waals surface area contributed by atoms with Crippen LogP contribution in [0.3, 0.4) is 0 Å². The Morgan fingerprint density at radius 2 is 1.95 bits per heavy atom. The fourth-order valence-corrected chi connectivity index (χ4v) is 1.85. The highest BCUT2D eigenvalue weighted by Crippen LogP contribution is 2.15. The average molecular weight is 298 g/mol. The van der Waals surface area contributed by atoms with Gasteiger partial charge in [0.25, 0.3) is 0 Å². The Labute approximate surface area is 121 Å². The average Bonchev–Trinajstić information content (AvgIpc) is 2.34. The van der Waals surface area contributed by atoms with Crippen LogP contribution in [0.1, 0.15) is 20.3 Å². The monoisotopic (exact) mass is 298 g/mol. The Bertz CT molecular complexity index is 476. The van der Waals surface area contributed by atoms with Crippen molar-refractivity contribution in [3.63, 3.8) is 0 Å². The number of hydrogen-bond donors (Lipinski definition) is 4. The van der Waals surface area contributed by atoms with Crippen molar-refractivity contribution in [2.24, 2.45) is 0 Å². The van der Waals surface area contributed by atoms with Crippen molar-refractivity contribution in [1.82, 2.24) is 20.6 Å². The summed E-state index contributed by atoms with van der Waals surface area (Å²) in [5.74, 6) is 0.0156. The van der Waals surface area contributed by atoms with Crippen LogP contribution >= 0.6 is 11.8 Å². The maximum absolute atomic E-state index is 11.6. The molecule has 110 valence electrons. The van der Waals surface area contributed by atoms with E-state index in [1.54, 1.807) is 0 Å². The molecular formula is C11H18N6O2S. The van der Waals surface area contributed by atoms with Gasteiger partial charge in [0.1, 0.15) is 11.6 Å². The molecule has 6 N–H and O–H groups in total. The fourth-order valence-electron chi connectivity index (χ4n) is 1.18. The first-order chi connectivity index (χ1) is 9.40. The summed E-state index contributed by atoms with van der Waals surface area (Å²) in [6, 6.07) is 0.912. The molecule has 0 aliphatic carbocycles. The minimum atomic E-state index is -0.516. The molecule has 1 aromatic rings. The lowest BCUT2D eigenvalue weighted by atomic mass is 10.3. The zero-order chi connectivity index (χ0) is 15.1. The van der Waals surface area contributed by atoms with Gasteiger partial charge in [-0.05, 0) is 13.3 Å². The summed E-state index contributed by atoms with van der Waals surface area (Å²) in [6.07, 6.45) is 0.784. The predicted octanol–water partition coefficient (Wildman–Crippen LogP) is 0.357. The van der Waals surface area contributed by atoms with Crippen molar-refractivity contribution < 1.29 is 9.59 Å². The van der Waals surface area contributed by atoms with E-state index in [1.165, 1.54) is 6.07 Å². The summed E-state index contributed by atoms with van der Waals surface area (Å²) < 4.78 is 0. The zero-order valence-electron chi connectivity index (χ0n) is 11.3. The fraction of sp³-hybridized carbons (Fsp3) is 0.455. The Morgan fingerprint density at radius 3 is 2.50 bits per heavy atom. The minimum absolute atomic E-state index is 0.00316. The summed E-state index contributed by atoms with van der Waals surface area (Å²) >= 11 is 1.05. The highest BCUT2D eigenvalue weighted by Gasteiger charge is 2.11. The largest absolute Gasteiger partial charge is 0.383 e. The van der Waals surface area contributed by atoms with Gasteiger partial charge in [0.05, 0.1) is 5.75 Å². The molecule has 0 saturated heterocycles. The molecule has 0 aromatic carbocycles. The van der Waals surface area contributed by atoms with Crippen LogP contribution < -0.4 is 22.1 Å². The van der Waals surface area contributed by atoms with E-state index in [9.17, 15) is 9.59 Å². The number of rotatable bonds is 5. The first-order valence-electron chi connectivity index (χ1n) is 6.04. The normalized spacial score (nSPS) is 11.7. The number of carbonyl (C=O) groups is 2. The second-order valence-electron chi connectivity index (χ2n) is 4.12. The number of urea groups is 1. The van der Waals surface area contributed by atoms with E-state index < -0.39 is 11.9 Å². The van der Waals surface area contributed by atoms with Crippen LogP contribution in [0.2, 0.25) is 0 Å². The van der Waals surface area contributed by atoms with E-state index in [4.69, 9.17) is 11.5 Å². The number of nitrogens with one attached hydrogen (secondary N) is 2. The van der Waals surface area contributed by atoms with Gasteiger partial charge in [-0.1, -0.05) is 18.7 Å². The maximum Gasteiger partial charge on any atom is 0.321 e. The molecule has 0 aliphatic rings. The molecule has 0 bridgehead atoms. The van der Waals surface area contributed by atoms with Crippen molar-refractivity contribution in [1.29, 1.82) is 0 Å². The standard InChI is InChI=1S/C11H18N6O2S/c1-3-6(2)14-10(19)17-9(18)5-20-11-15-7(12)4-8(13)16-11/h4,6H,3,5H2,1-2H3,(H4,12,13,15,16)(H2,14,17,18,19)/t6-/m0/s1. The van der Waals surface area contributed by atoms with Crippen LogP contribution in [-0.2, 0) is 4.79 Å². The van der Waals surface area contributed by atoms with Crippen molar-refractivity contribution in [3.05, 3.63) is 6.07 Å². The third kappa shape index (κ3) is 5.74. The summed E-state index contributed by atoms with van der Waals surface area (Å²) in [7, 11) is 0. The number of carbonyl (C=O) groups excluding carboxylic acids is 2. The van der Waals surface area contributed by atoms with E-state index in [2.05, 4.69) is 20.6 Å². The highest BCUT2D eigenvalue weighted by molar-refractivity contribution is 7.99. The van der Waals surface area contributed by atoms with Crippen molar-refractivity contribution in [2.45, 2.75) is 31.5 Å². The van der Waals surface area contributed by atoms with Gasteiger partial charge in [0.2, 0.25) is 5.91 Å². The van der Waals surface area contributed by atoms with E-state index in [-0.39, 0.29) is 23.4 Å². The molecule has 1 aromatic heterocycles. The number of aromatic nitrogens is 2. The molecule has 20 heavy (non-hydrogen) atoms. The number of amides is 3. The van der Waals surface area contributed by atoms with E-state index in [0.717, 1.165) is 18.2 Å². The van der Waals surface area contributed by atoms with Crippen LogP contribution in [-0.4, -0.2) is 33.7 Å². The van der Waals surface area contributed by atoms with Crippen molar-refractivity contribution in [2.75, 3.05) is 17.2 Å². The van der Waals surface area contributed by atoms with E-state index >= 15 is 0 Å². The van der Waals surface area contributed by atoms with E-state index in [0.29, 0.717) is 5.16 Å². The molecule has 1 atom stereocenters. The molecule has 1 rings (SSSR count). The Kier molecular flexibility index (Phi) is 6.04. The summed E-state index contributed by atoms with van der Waals surface area (Å²) in [5, 5.41) is 5.13. The van der Waals surface area contributed by atoms with Crippen LogP contribution in [0.25, 0.3) is 0 Å². The number of nitrogens with zero attached hydrogens (tertiary/aromatic N) is 2. The summed E-state index contributed by atoms with van der Waals surface area (Å²) in [4.78, 5) is 30.8. The lowest BCUT2D eigenvalue weighted by Crippen LogP contribution is -2.43. The third-order valence-electron chi connectivity index (χ3n) is 2.32. The van der Waals surface area contributed by atoms with Crippen LogP contribution in [0.5, 0.6) is 0 Å². The first-order valence-corrected chi connectivity index (χ1v) is 7.02. The Balaban J connectivity index is 2.41. The number of anilines is 2. The highest BCUT2D eigenvalue weighted by atomic mass is 32.2. The van der Waals surface area contributed by atoms with Gasteiger partial charge in [-0.25, -0.2) is 14.8 Å². The van der Waals surface area contributed by atoms with Gasteiger partial charge < -0.3 is 16.8 Å². The molecule has 8 nitrogen and oxygen atoms in total. The molecule has 0 saturated carbocycles. The lowest BCUT2D eigenvalue weighted by molar-refractivity contribution is -0.117. The second kappa shape index (κ2) is 7.53. The van der Waals surface area contributed by atoms with Crippen LogP contribution in [0.15, 0.2) is 11.2 Å². The molecular weight excluding hydrogens is 280 g/mol. The Hall–Kier alpha value is -2.03. The van der Waals surface area contributed by atoms with Gasteiger partial charge in [-0.3, -0.25) is 10.1 Å². The predicted molar refractivity (Wildman–Crippen MR) is 78.0 cm³/mol. The Morgan fingerprint density at radius 1 is 1.35 bits per heavy atom. The van der Waals surface area contributed by atoms with Crippen molar-refractivity contribution >= 4 is 35.3 Å². The number of nitrogen functional groups attached to an aromatic ring is 2. The number of hydrogen-bond acceptors (Lipinski definition) is 7. The number of nitrogens with two attached hydrogens (primary N) is 2. The lowest BCUT2D eigenvalue weighted by Gasteiger charge is -2.11. The van der Waals surface area contributed by atoms with Crippen molar-refractivity contribution in [3.8, 4) is 0 Å². The van der Waals surface area contributed by atoms with Gasteiger partial charge >= 0.3 is 6.03 Å². The van der Waals surface area contributed by atoms with Gasteiger partial charge in [0.15, 0.2) is 5.16 Å². The molecule has 9 heteroatoms. The molecule has 1 heterocycles. The maximum atomic E-state index is 11.6. The number of thioether (sulfide) groups is 1. The third-order valence-corrected chi connectivity index (χ3v) is 3.17.